The Hall–Kier alpha value is -1.19. The van der Waals surface area contributed by atoms with Crippen LogP contribution in [0.3, 0.4) is 0 Å². The van der Waals surface area contributed by atoms with Gasteiger partial charge in [0.15, 0.2) is 0 Å². The first-order valence-corrected chi connectivity index (χ1v) is 2.86. The van der Waals surface area contributed by atoms with Crippen LogP contribution in [0.5, 0.6) is 0 Å². The molecule has 12 heavy (non-hydrogen) atoms. The van der Waals surface area contributed by atoms with Crippen LogP contribution < -0.4 is 5.73 Å². The van der Waals surface area contributed by atoms with Crippen molar-refractivity contribution in [1.82, 2.24) is 0 Å². The molecule has 0 saturated carbocycles. The summed E-state index contributed by atoms with van der Waals surface area (Å²) in [6, 6.07) is -3.71. The van der Waals surface area contributed by atoms with Gasteiger partial charge < -0.3 is 5.73 Å². The molecule has 4 heteroatoms. The van der Waals surface area contributed by atoms with Crippen molar-refractivity contribution in [2.45, 2.75) is 13.0 Å². The predicted octanol–water partition coefficient (Wildman–Crippen LogP) is 2.60. The maximum absolute atomic E-state index is 12.6. The topological polar surface area (TPSA) is 26.0 Å². The minimum Gasteiger partial charge on any atom is -0.399 e. The van der Waals surface area contributed by atoms with Crippen LogP contribution in [0, 0.1) is 6.85 Å². The van der Waals surface area contributed by atoms with Gasteiger partial charge in [-0.3, -0.25) is 0 Å². The zero-order valence-electron chi connectivity index (χ0n) is 11.7. The summed E-state index contributed by atoms with van der Waals surface area (Å²) in [5.74, 6) is 0. The van der Waals surface area contributed by atoms with E-state index < -0.39 is 48.0 Å². The Morgan fingerprint density at radius 3 is 2.67 bits per heavy atom. The third-order valence-electron chi connectivity index (χ3n) is 1.12. The van der Waals surface area contributed by atoms with Crippen LogP contribution >= 0.6 is 0 Å². The fourth-order valence-electron chi connectivity index (χ4n) is 0.558. The van der Waals surface area contributed by atoms with Gasteiger partial charge in [0, 0.05) is 9.80 Å². The molecule has 0 atom stereocenters. The molecule has 0 radical (unpaired) electrons. The van der Waals surface area contributed by atoms with Gasteiger partial charge in [0.05, 0.1) is 9.68 Å². The molecule has 0 spiro atoms. The van der Waals surface area contributed by atoms with Gasteiger partial charge in [0.25, 0.3) is 0 Å². The van der Waals surface area contributed by atoms with Crippen molar-refractivity contribution in [3.8, 4) is 0 Å². The van der Waals surface area contributed by atoms with E-state index in [-0.39, 0.29) is 0 Å². The van der Waals surface area contributed by atoms with Crippen molar-refractivity contribution < 1.29 is 21.4 Å². The summed E-state index contributed by atoms with van der Waals surface area (Å²) < 4.78 is 80.7. The lowest BCUT2D eigenvalue weighted by Crippen LogP contribution is -2.05. The van der Waals surface area contributed by atoms with Crippen LogP contribution in [0.15, 0.2) is 18.1 Å². The van der Waals surface area contributed by atoms with Gasteiger partial charge in [0.2, 0.25) is 0 Å². The van der Waals surface area contributed by atoms with E-state index in [2.05, 4.69) is 0 Å². The second-order valence-corrected chi connectivity index (χ2v) is 2.04. The molecule has 1 aromatic rings. The molecule has 0 fully saturated rings. The first-order chi connectivity index (χ1) is 7.89. The summed E-state index contributed by atoms with van der Waals surface area (Å²) in [4.78, 5) is 0. The number of benzene rings is 1. The van der Waals surface area contributed by atoms with E-state index in [9.17, 15) is 13.2 Å². The SMILES string of the molecule is [2H]c1c([2H])c(C(F)(F)F)c([2H])c(C([2H])([2H])[2H])c1N. The second-order valence-electron chi connectivity index (χ2n) is 2.04. The van der Waals surface area contributed by atoms with E-state index in [0.717, 1.165) is 0 Å². The molecule has 0 aliphatic rings. The average molecular weight is 181 g/mol. The zero-order chi connectivity index (χ0) is 14.5. The lowest BCUT2D eigenvalue weighted by Gasteiger charge is -2.08. The molecule has 1 rings (SSSR count). The molecule has 0 bridgehead atoms. The molecule has 0 saturated heterocycles. The summed E-state index contributed by atoms with van der Waals surface area (Å²) in [7, 11) is 0. The minimum atomic E-state index is -5.09. The molecule has 0 unspecified atom stereocenters. The quantitative estimate of drug-likeness (QED) is 0.611. The van der Waals surface area contributed by atoms with Gasteiger partial charge in [-0.1, -0.05) is 0 Å². The number of alkyl halides is 3. The fraction of sp³-hybridized carbons (Fsp3) is 0.250. The highest BCUT2D eigenvalue weighted by Gasteiger charge is 2.30. The highest BCUT2D eigenvalue weighted by atomic mass is 19.4. The largest absolute Gasteiger partial charge is 0.416 e. The first kappa shape index (κ1) is 3.68. The predicted molar refractivity (Wildman–Crippen MR) is 40.6 cm³/mol. The van der Waals surface area contributed by atoms with Crippen molar-refractivity contribution in [1.29, 1.82) is 0 Å². The van der Waals surface area contributed by atoms with Gasteiger partial charge in [-0.25, -0.2) is 0 Å². The lowest BCUT2D eigenvalue weighted by atomic mass is 10.1. The number of nitrogens with two attached hydrogens (primary N) is 1. The van der Waals surface area contributed by atoms with Crippen LogP contribution in [0.1, 0.15) is 19.4 Å². The van der Waals surface area contributed by atoms with Crippen LogP contribution in [0.2, 0.25) is 0 Å². The van der Waals surface area contributed by atoms with Crippen LogP contribution in [-0.4, -0.2) is 0 Å². The molecule has 0 heterocycles. The number of hydrogen-bond acceptors (Lipinski definition) is 1. The van der Waals surface area contributed by atoms with E-state index in [4.69, 9.17) is 14.0 Å². The number of halogens is 3. The Morgan fingerprint density at radius 2 is 2.17 bits per heavy atom. The Balaban J connectivity index is 3.83. The van der Waals surface area contributed by atoms with Crippen LogP contribution in [0.4, 0.5) is 18.9 Å². The summed E-state index contributed by atoms with van der Waals surface area (Å²) in [6.07, 6.45) is -5.09. The third kappa shape index (κ3) is 1.69. The maximum Gasteiger partial charge on any atom is 0.416 e. The second kappa shape index (κ2) is 2.69. The summed E-state index contributed by atoms with van der Waals surface area (Å²) in [5.41, 5.74) is 1.63. The van der Waals surface area contributed by atoms with Gasteiger partial charge in [-0.2, -0.15) is 13.2 Å². The Labute approximate surface area is 76.4 Å². The van der Waals surface area contributed by atoms with Crippen molar-refractivity contribution in [2.24, 2.45) is 0 Å². The van der Waals surface area contributed by atoms with Gasteiger partial charge in [-0.15, -0.1) is 0 Å². The molecule has 0 aliphatic heterocycles. The molecule has 66 valence electrons. The summed E-state index contributed by atoms with van der Waals surface area (Å²) in [6.45, 7) is -3.05. The lowest BCUT2D eigenvalue weighted by molar-refractivity contribution is -0.137. The van der Waals surface area contributed by atoms with E-state index in [1.54, 1.807) is 0 Å². The van der Waals surface area contributed by atoms with Gasteiger partial charge in [-0.05, 0) is 30.5 Å². The molecule has 0 amide bonds. The van der Waals surface area contributed by atoms with Crippen molar-refractivity contribution in [3.05, 3.63) is 29.3 Å². The smallest absolute Gasteiger partial charge is 0.399 e. The molecular weight excluding hydrogens is 167 g/mol. The molecule has 2 N–H and O–H groups in total. The first-order valence-electron chi connectivity index (χ1n) is 5.86. The van der Waals surface area contributed by atoms with Gasteiger partial charge in [0.1, 0.15) is 0 Å². The molecule has 1 nitrogen and oxygen atoms in total. The Bertz CT molecular complexity index is 452. The van der Waals surface area contributed by atoms with Crippen LogP contribution in [0.25, 0.3) is 0 Å². The van der Waals surface area contributed by atoms with Crippen molar-refractivity contribution >= 4 is 5.69 Å². The number of nitrogen functional groups attached to an aromatic ring is 1. The normalized spacial score (nSPS) is 19.9. The average Bonchev–Trinajstić information content (AvgIpc) is 2.09. The van der Waals surface area contributed by atoms with E-state index in [1.807, 2.05) is 0 Å². The number of hydrogen-bond donors (Lipinski definition) is 1. The minimum absolute atomic E-state index is 0.794. The monoisotopic (exact) mass is 181 g/mol. The van der Waals surface area contributed by atoms with Crippen molar-refractivity contribution in [3.63, 3.8) is 0 Å². The van der Waals surface area contributed by atoms with E-state index in [1.165, 1.54) is 0 Å². The number of anilines is 1. The zero-order valence-corrected chi connectivity index (χ0v) is 5.71. The fourth-order valence-corrected chi connectivity index (χ4v) is 0.558. The number of rotatable bonds is 0. The van der Waals surface area contributed by atoms with E-state index in [0.29, 0.717) is 0 Å². The van der Waals surface area contributed by atoms with E-state index >= 15 is 0 Å². The summed E-state index contributed by atoms with van der Waals surface area (Å²) >= 11 is 0. The molecule has 0 aliphatic carbocycles. The third-order valence-corrected chi connectivity index (χ3v) is 1.12. The highest BCUT2D eigenvalue weighted by molar-refractivity contribution is 5.48. The Kier molecular flexibility index (Phi) is 0.827. The molecule has 1 aromatic carbocycles. The van der Waals surface area contributed by atoms with Crippen molar-refractivity contribution in [2.75, 3.05) is 5.73 Å². The molecular formula is C8H8F3N. The highest BCUT2D eigenvalue weighted by Crippen LogP contribution is 2.30. The standard InChI is InChI=1S/C8H8F3N/c1-5-4-6(8(9,10)11)2-3-7(5)12/h2-4H,12H2,1H3/i1D3,2D,3D,4D. The molecule has 0 aromatic heterocycles. The van der Waals surface area contributed by atoms with Crippen LogP contribution in [-0.2, 0) is 6.18 Å². The maximum atomic E-state index is 12.6. The summed E-state index contributed by atoms with van der Waals surface area (Å²) in [5, 5.41) is 0. The van der Waals surface area contributed by atoms with Gasteiger partial charge >= 0.3 is 6.18 Å². The Morgan fingerprint density at radius 1 is 1.50 bits per heavy atom.